The summed E-state index contributed by atoms with van der Waals surface area (Å²) in [7, 11) is 0. The second-order valence-corrected chi connectivity index (χ2v) is 3.10. The number of aromatic nitrogens is 1. The summed E-state index contributed by atoms with van der Waals surface area (Å²) in [5.74, 6) is -1.73. The zero-order chi connectivity index (χ0) is 12.5. The van der Waals surface area contributed by atoms with Crippen molar-refractivity contribution >= 4 is 11.6 Å². The van der Waals surface area contributed by atoms with E-state index in [9.17, 15) is 22.0 Å². The molecule has 90 valence electrons. The summed E-state index contributed by atoms with van der Waals surface area (Å²) < 4.78 is 61.4. The lowest BCUT2D eigenvalue weighted by molar-refractivity contribution is -0.142. The van der Waals surface area contributed by atoms with Gasteiger partial charge < -0.3 is 5.11 Å². The first-order chi connectivity index (χ1) is 7.27. The second-order valence-electron chi connectivity index (χ2n) is 2.84. The predicted molar refractivity (Wildman–Crippen MR) is 45.4 cm³/mol. The maximum atomic E-state index is 12.3. The number of alkyl halides is 6. The quantitative estimate of drug-likeness (QED) is 0.653. The van der Waals surface area contributed by atoms with Gasteiger partial charge in [-0.3, -0.25) is 0 Å². The molecule has 0 aromatic carbocycles. The first kappa shape index (κ1) is 13.0. The van der Waals surface area contributed by atoms with Crippen LogP contribution in [-0.2, 0) is 12.1 Å². The van der Waals surface area contributed by atoms with Gasteiger partial charge in [-0.05, 0) is 6.07 Å². The van der Waals surface area contributed by atoms with Crippen LogP contribution in [0.15, 0.2) is 6.07 Å². The highest BCUT2D eigenvalue weighted by Crippen LogP contribution is 2.38. The van der Waals surface area contributed by atoms with E-state index in [1.54, 1.807) is 0 Å². The lowest BCUT2D eigenvalue weighted by atomic mass is 10.1. The summed E-state index contributed by atoms with van der Waals surface area (Å²) in [6, 6.07) is 0.641. The van der Waals surface area contributed by atoms with Gasteiger partial charge in [0.05, 0.1) is 5.88 Å². The second kappa shape index (κ2) is 4.40. The van der Waals surface area contributed by atoms with E-state index >= 15 is 0 Å². The molecule has 0 spiro atoms. The molecule has 0 amide bonds. The maximum absolute atomic E-state index is 12.3. The molecular formula is C8H5ClF5NO. The molecule has 0 saturated carbocycles. The fraction of sp³-hybridized carbons (Fsp3) is 0.375. The van der Waals surface area contributed by atoms with Crippen molar-refractivity contribution in [2.24, 2.45) is 0 Å². The van der Waals surface area contributed by atoms with Gasteiger partial charge >= 0.3 is 6.18 Å². The third-order valence-corrected chi connectivity index (χ3v) is 2.02. The minimum Gasteiger partial charge on any atom is -0.505 e. The number of halogens is 6. The van der Waals surface area contributed by atoms with E-state index in [2.05, 4.69) is 4.98 Å². The number of rotatable bonds is 2. The van der Waals surface area contributed by atoms with Gasteiger partial charge in [0.25, 0.3) is 6.43 Å². The molecule has 1 rings (SSSR count). The van der Waals surface area contributed by atoms with Gasteiger partial charge in [-0.25, -0.2) is 13.8 Å². The molecule has 0 unspecified atom stereocenters. The van der Waals surface area contributed by atoms with E-state index in [0.29, 0.717) is 6.07 Å². The molecule has 16 heavy (non-hydrogen) atoms. The summed E-state index contributed by atoms with van der Waals surface area (Å²) in [4.78, 5) is 2.67. The van der Waals surface area contributed by atoms with Crippen LogP contribution in [0.5, 0.6) is 5.75 Å². The van der Waals surface area contributed by atoms with E-state index in [1.165, 1.54) is 0 Å². The van der Waals surface area contributed by atoms with Crippen molar-refractivity contribution in [3.05, 3.63) is 23.0 Å². The maximum Gasteiger partial charge on any atom is 0.437 e. The highest BCUT2D eigenvalue weighted by Gasteiger charge is 2.38. The van der Waals surface area contributed by atoms with Crippen LogP contribution in [0, 0.1) is 0 Å². The van der Waals surface area contributed by atoms with E-state index < -0.39 is 41.2 Å². The van der Waals surface area contributed by atoms with E-state index in [-0.39, 0.29) is 0 Å². The lowest BCUT2D eigenvalue weighted by Crippen LogP contribution is -2.11. The summed E-state index contributed by atoms with van der Waals surface area (Å²) in [5, 5.41) is 9.12. The molecule has 1 aromatic heterocycles. The van der Waals surface area contributed by atoms with Crippen molar-refractivity contribution in [1.29, 1.82) is 0 Å². The molecule has 0 aliphatic rings. The van der Waals surface area contributed by atoms with Crippen LogP contribution in [0.3, 0.4) is 0 Å². The van der Waals surface area contributed by atoms with Crippen molar-refractivity contribution in [3.63, 3.8) is 0 Å². The molecule has 1 heterocycles. The van der Waals surface area contributed by atoms with Crippen LogP contribution in [0.25, 0.3) is 0 Å². The van der Waals surface area contributed by atoms with Gasteiger partial charge in [-0.15, -0.1) is 11.6 Å². The largest absolute Gasteiger partial charge is 0.505 e. The standard InChI is InChI=1S/C8H5ClF5NO/c9-2-3-1-4(7(10)11)15-6(5(3)16)8(12,13)14/h1,7,16H,2H2. The average molecular weight is 262 g/mol. The van der Waals surface area contributed by atoms with Crippen molar-refractivity contribution < 1.29 is 27.1 Å². The Kier molecular flexibility index (Phi) is 3.57. The summed E-state index contributed by atoms with van der Waals surface area (Å²) >= 11 is 5.23. The third kappa shape index (κ3) is 2.52. The minimum absolute atomic E-state index is 0.431. The normalized spacial score (nSPS) is 12.2. The third-order valence-electron chi connectivity index (χ3n) is 1.73. The van der Waals surface area contributed by atoms with Crippen LogP contribution in [0.1, 0.15) is 23.4 Å². The van der Waals surface area contributed by atoms with Gasteiger partial charge in [-0.2, -0.15) is 13.2 Å². The summed E-state index contributed by atoms with van der Waals surface area (Å²) in [6.07, 6.45) is -8.17. The average Bonchev–Trinajstić information content (AvgIpc) is 2.15. The van der Waals surface area contributed by atoms with Gasteiger partial charge in [0.2, 0.25) is 0 Å². The van der Waals surface area contributed by atoms with Crippen LogP contribution >= 0.6 is 11.6 Å². The Balaban J connectivity index is 3.42. The van der Waals surface area contributed by atoms with Crippen molar-refractivity contribution in [2.45, 2.75) is 18.5 Å². The van der Waals surface area contributed by atoms with Crippen LogP contribution in [-0.4, -0.2) is 10.1 Å². The molecule has 0 radical (unpaired) electrons. The Labute approximate surface area is 91.7 Å². The molecule has 0 aliphatic carbocycles. The fourth-order valence-electron chi connectivity index (χ4n) is 1.02. The molecule has 0 aliphatic heterocycles. The van der Waals surface area contributed by atoms with Crippen LogP contribution in [0.2, 0.25) is 0 Å². The molecule has 0 fully saturated rings. The molecule has 8 heteroatoms. The minimum atomic E-state index is -5.00. The number of hydrogen-bond acceptors (Lipinski definition) is 2. The number of pyridine rings is 1. The van der Waals surface area contributed by atoms with Crippen molar-refractivity contribution in [3.8, 4) is 5.75 Å². The first-order valence-electron chi connectivity index (χ1n) is 3.91. The Morgan fingerprint density at radius 2 is 1.94 bits per heavy atom. The fourth-order valence-corrected chi connectivity index (χ4v) is 1.23. The molecule has 0 saturated heterocycles. The Morgan fingerprint density at radius 1 is 1.38 bits per heavy atom. The molecule has 1 N–H and O–H groups in total. The van der Waals surface area contributed by atoms with Gasteiger partial charge in [0.15, 0.2) is 11.4 Å². The van der Waals surface area contributed by atoms with Crippen LogP contribution < -0.4 is 0 Å². The molecule has 2 nitrogen and oxygen atoms in total. The Morgan fingerprint density at radius 3 is 2.31 bits per heavy atom. The van der Waals surface area contributed by atoms with Gasteiger partial charge in [-0.1, -0.05) is 0 Å². The summed E-state index contributed by atoms with van der Waals surface area (Å²) in [6.45, 7) is 0. The van der Waals surface area contributed by atoms with E-state index in [4.69, 9.17) is 16.7 Å². The molecular weight excluding hydrogens is 257 g/mol. The Bertz CT molecular complexity index is 393. The zero-order valence-corrected chi connectivity index (χ0v) is 8.28. The Hall–Kier alpha value is -1.11. The smallest absolute Gasteiger partial charge is 0.437 e. The zero-order valence-electron chi connectivity index (χ0n) is 7.52. The molecule has 0 atom stereocenters. The SMILES string of the molecule is Oc1c(CCl)cc(C(F)F)nc1C(F)(F)F. The number of nitrogens with zero attached hydrogens (tertiary/aromatic N) is 1. The van der Waals surface area contributed by atoms with E-state index in [1.807, 2.05) is 0 Å². The van der Waals surface area contributed by atoms with Crippen LogP contribution in [0.4, 0.5) is 22.0 Å². The lowest BCUT2D eigenvalue weighted by Gasteiger charge is -2.12. The van der Waals surface area contributed by atoms with Gasteiger partial charge in [0, 0.05) is 5.56 Å². The highest BCUT2D eigenvalue weighted by atomic mass is 35.5. The highest BCUT2D eigenvalue weighted by molar-refractivity contribution is 6.17. The predicted octanol–water partition coefficient (Wildman–Crippen LogP) is 3.48. The monoisotopic (exact) mass is 261 g/mol. The van der Waals surface area contributed by atoms with Crippen molar-refractivity contribution in [2.75, 3.05) is 0 Å². The summed E-state index contributed by atoms with van der Waals surface area (Å²) in [5.41, 5.74) is -3.25. The molecule has 0 bridgehead atoms. The first-order valence-corrected chi connectivity index (χ1v) is 4.45. The number of hydrogen-bond donors (Lipinski definition) is 1. The van der Waals surface area contributed by atoms with Gasteiger partial charge in [0.1, 0.15) is 5.69 Å². The topological polar surface area (TPSA) is 33.1 Å². The van der Waals surface area contributed by atoms with Crippen molar-refractivity contribution in [1.82, 2.24) is 4.98 Å². The molecule has 1 aromatic rings. The van der Waals surface area contributed by atoms with E-state index in [0.717, 1.165) is 0 Å². The number of aromatic hydroxyl groups is 1.